The molecule has 0 aliphatic heterocycles. The van der Waals surface area contributed by atoms with Crippen LogP contribution >= 0.6 is 0 Å². The molecule has 0 radical (unpaired) electrons. The lowest BCUT2D eigenvalue weighted by atomic mass is 10.2. The van der Waals surface area contributed by atoms with Gasteiger partial charge in [-0.2, -0.15) is 0 Å². The van der Waals surface area contributed by atoms with E-state index < -0.39 is 0 Å². The average Bonchev–Trinajstić information content (AvgIpc) is 2.73. The van der Waals surface area contributed by atoms with Crippen molar-refractivity contribution >= 4 is 16.6 Å². The molecule has 0 atom stereocenters. The van der Waals surface area contributed by atoms with Gasteiger partial charge < -0.3 is 10.7 Å². The number of benzene rings is 1. The molecular weight excluding hydrogens is 198 g/mol. The zero-order valence-corrected chi connectivity index (χ0v) is 8.64. The Morgan fingerprint density at radius 1 is 1.06 bits per heavy atom. The van der Waals surface area contributed by atoms with Gasteiger partial charge in [0.15, 0.2) is 0 Å². The van der Waals surface area contributed by atoms with Crippen LogP contribution in [0.1, 0.15) is 0 Å². The van der Waals surface area contributed by atoms with Crippen LogP contribution in [0.25, 0.3) is 22.3 Å². The molecule has 1 aromatic carbocycles. The number of H-pyrrole nitrogens is 1. The second kappa shape index (κ2) is 3.38. The van der Waals surface area contributed by atoms with Gasteiger partial charge in [-0.15, -0.1) is 0 Å². The minimum atomic E-state index is 0.680. The number of pyridine rings is 1. The summed E-state index contributed by atoms with van der Waals surface area (Å²) in [5.74, 6) is 0. The summed E-state index contributed by atoms with van der Waals surface area (Å²) in [7, 11) is 0. The Kier molecular flexibility index (Phi) is 1.90. The predicted octanol–water partition coefficient (Wildman–Crippen LogP) is 2.81. The molecule has 0 fully saturated rings. The minimum Gasteiger partial charge on any atom is -0.397 e. The molecule has 3 rings (SSSR count). The number of nitrogens with zero attached hydrogens (tertiary/aromatic N) is 1. The number of anilines is 1. The summed E-state index contributed by atoms with van der Waals surface area (Å²) in [6, 6.07) is 14.0. The van der Waals surface area contributed by atoms with Crippen LogP contribution in [0, 0.1) is 0 Å². The Morgan fingerprint density at radius 2 is 1.94 bits per heavy atom. The van der Waals surface area contributed by atoms with Gasteiger partial charge in [-0.05, 0) is 24.3 Å². The molecule has 78 valence electrons. The van der Waals surface area contributed by atoms with Gasteiger partial charge in [0.2, 0.25) is 0 Å². The monoisotopic (exact) mass is 209 g/mol. The highest BCUT2D eigenvalue weighted by Gasteiger charge is 2.03. The first-order valence-electron chi connectivity index (χ1n) is 5.12. The van der Waals surface area contributed by atoms with Crippen molar-refractivity contribution in [1.29, 1.82) is 0 Å². The highest BCUT2D eigenvalue weighted by Crippen LogP contribution is 2.22. The normalized spacial score (nSPS) is 10.8. The molecule has 16 heavy (non-hydrogen) atoms. The maximum Gasteiger partial charge on any atom is 0.0866 e. The number of nitrogen functional groups attached to an aromatic ring is 1. The Morgan fingerprint density at radius 3 is 2.69 bits per heavy atom. The molecule has 3 nitrogen and oxygen atoms in total. The number of hydrogen-bond acceptors (Lipinski definition) is 2. The smallest absolute Gasteiger partial charge is 0.0866 e. The second-order valence-corrected chi connectivity index (χ2v) is 3.75. The Labute approximate surface area is 92.9 Å². The van der Waals surface area contributed by atoms with Crippen LogP contribution in [0.5, 0.6) is 0 Å². The van der Waals surface area contributed by atoms with E-state index in [1.165, 1.54) is 5.39 Å². The Bertz CT molecular complexity index is 590. The molecule has 3 heteroatoms. The number of nitrogens with one attached hydrogen (secondary N) is 1. The lowest BCUT2D eigenvalue weighted by molar-refractivity contribution is 1.29. The van der Waals surface area contributed by atoms with E-state index in [0.717, 1.165) is 16.9 Å². The van der Waals surface area contributed by atoms with Gasteiger partial charge in [0.1, 0.15) is 0 Å². The molecule has 3 N–H and O–H groups in total. The van der Waals surface area contributed by atoms with E-state index in [1.807, 2.05) is 24.3 Å². The third-order valence-corrected chi connectivity index (χ3v) is 2.59. The van der Waals surface area contributed by atoms with Gasteiger partial charge in [0.25, 0.3) is 0 Å². The molecule has 0 saturated heterocycles. The largest absolute Gasteiger partial charge is 0.397 e. The second-order valence-electron chi connectivity index (χ2n) is 3.75. The standard InChI is InChI=1S/C13H11N3/c14-10-5-6-12(15-8-10)13-7-9-3-1-2-4-11(9)16-13/h1-8,16H,14H2. The van der Waals surface area contributed by atoms with Gasteiger partial charge in [-0.25, -0.2) is 0 Å². The summed E-state index contributed by atoms with van der Waals surface area (Å²) in [5.41, 5.74) is 9.33. The molecule has 2 heterocycles. The first-order chi connectivity index (χ1) is 7.83. The molecule has 0 spiro atoms. The van der Waals surface area contributed by atoms with Gasteiger partial charge in [-0.1, -0.05) is 18.2 Å². The third kappa shape index (κ3) is 1.42. The van der Waals surface area contributed by atoms with Crippen molar-refractivity contribution in [2.45, 2.75) is 0 Å². The summed E-state index contributed by atoms with van der Waals surface area (Å²) < 4.78 is 0. The van der Waals surface area contributed by atoms with E-state index >= 15 is 0 Å². The van der Waals surface area contributed by atoms with Gasteiger partial charge in [0.05, 0.1) is 23.3 Å². The van der Waals surface area contributed by atoms with Crippen molar-refractivity contribution in [2.75, 3.05) is 5.73 Å². The number of rotatable bonds is 1. The van der Waals surface area contributed by atoms with Crippen LogP contribution < -0.4 is 5.73 Å². The lowest BCUT2D eigenvalue weighted by Gasteiger charge is -1.96. The molecule has 0 amide bonds. The molecule has 0 bridgehead atoms. The number of para-hydroxylation sites is 1. The molecule has 0 saturated carbocycles. The summed E-state index contributed by atoms with van der Waals surface area (Å²) in [6.45, 7) is 0. The predicted molar refractivity (Wildman–Crippen MR) is 65.9 cm³/mol. The first-order valence-corrected chi connectivity index (χ1v) is 5.12. The van der Waals surface area contributed by atoms with Crippen LogP contribution in [-0.4, -0.2) is 9.97 Å². The summed E-state index contributed by atoms with van der Waals surface area (Å²) in [4.78, 5) is 7.62. The zero-order chi connectivity index (χ0) is 11.0. The molecule has 0 aliphatic carbocycles. The van der Waals surface area contributed by atoms with Crippen molar-refractivity contribution in [3.05, 3.63) is 48.7 Å². The zero-order valence-electron chi connectivity index (χ0n) is 8.64. The van der Waals surface area contributed by atoms with Crippen LogP contribution in [0.3, 0.4) is 0 Å². The fourth-order valence-electron chi connectivity index (χ4n) is 1.78. The highest BCUT2D eigenvalue weighted by molar-refractivity contribution is 5.85. The number of aromatic amines is 1. The number of nitrogens with two attached hydrogens (primary N) is 1. The van der Waals surface area contributed by atoms with Crippen molar-refractivity contribution in [1.82, 2.24) is 9.97 Å². The molecular formula is C13H11N3. The summed E-state index contributed by atoms with van der Waals surface area (Å²) in [5, 5.41) is 1.19. The van der Waals surface area contributed by atoms with Gasteiger partial charge in [0, 0.05) is 10.9 Å². The van der Waals surface area contributed by atoms with E-state index in [0.29, 0.717) is 5.69 Å². The third-order valence-electron chi connectivity index (χ3n) is 2.59. The average molecular weight is 209 g/mol. The highest BCUT2D eigenvalue weighted by atomic mass is 14.8. The minimum absolute atomic E-state index is 0.680. The van der Waals surface area contributed by atoms with Crippen LogP contribution in [0.4, 0.5) is 5.69 Å². The summed E-state index contributed by atoms with van der Waals surface area (Å²) in [6.07, 6.45) is 1.67. The van der Waals surface area contributed by atoms with Crippen molar-refractivity contribution < 1.29 is 0 Å². The van der Waals surface area contributed by atoms with E-state index in [4.69, 9.17) is 5.73 Å². The van der Waals surface area contributed by atoms with Crippen LogP contribution in [0.15, 0.2) is 48.7 Å². The molecule has 0 aliphatic rings. The van der Waals surface area contributed by atoms with Crippen LogP contribution in [-0.2, 0) is 0 Å². The lowest BCUT2D eigenvalue weighted by Crippen LogP contribution is -1.87. The first kappa shape index (κ1) is 8.97. The van der Waals surface area contributed by atoms with E-state index in [9.17, 15) is 0 Å². The maximum absolute atomic E-state index is 5.61. The van der Waals surface area contributed by atoms with Crippen molar-refractivity contribution in [2.24, 2.45) is 0 Å². The topological polar surface area (TPSA) is 54.7 Å². The van der Waals surface area contributed by atoms with Crippen molar-refractivity contribution in [3.63, 3.8) is 0 Å². The van der Waals surface area contributed by atoms with Gasteiger partial charge in [-0.3, -0.25) is 4.98 Å². The van der Waals surface area contributed by atoms with Crippen molar-refractivity contribution in [3.8, 4) is 11.4 Å². The number of fused-ring (bicyclic) bond motifs is 1. The summed E-state index contributed by atoms with van der Waals surface area (Å²) >= 11 is 0. The van der Waals surface area contributed by atoms with Gasteiger partial charge >= 0.3 is 0 Å². The SMILES string of the molecule is Nc1ccc(-c2cc3ccccc3[nH]2)nc1. The quantitative estimate of drug-likeness (QED) is 0.647. The Balaban J connectivity index is 2.15. The van der Waals surface area contributed by atoms with E-state index in [-0.39, 0.29) is 0 Å². The maximum atomic E-state index is 5.61. The Hall–Kier alpha value is -2.29. The molecule has 0 unspecified atom stereocenters. The number of aromatic nitrogens is 2. The van der Waals surface area contributed by atoms with E-state index in [2.05, 4.69) is 28.2 Å². The fraction of sp³-hybridized carbons (Fsp3) is 0. The number of hydrogen-bond donors (Lipinski definition) is 2. The van der Waals surface area contributed by atoms with E-state index in [1.54, 1.807) is 6.20 Å². The molecule has 3 aromatic rings. The molecule has 2 aromatic heterocycles. The van der Waals surface area contributed by atoms with Crippen LogP contribution in [0.2, 0.25) is 0 Å². The fourth-order valence-corrected chi connectivity index (χ4v) is 1.78.